The molecule has 0 unspecified atom stereocenters. The van der Waals surface area contributed by atoms with Gasteiger partial charge in [0.25, 0.3) is 5.91 Å². The molecule has 0 fully saturated rings. The normalized spacial score (nSPS) is 10.5. The zero-order valence-corrected chi connectivity index (χ0v) is 12.3. The van der Waals surface area contributed by atoms with Crippen LogP contribution in [0.25, 0.3) is 0 Å². The van der Waals surface area contributed by atoms with Gasteiger partial charge in [0.15, 0.2) is 5.69 Å². The van der Waals surface area contributed by atoms with Crippen LogP contribution in [0.1, 0.15) is 36.1 Å². The van der Waals surface area contributed by atoms with Crippen molar-refractivity contribution in [3.8, 4) is 5.75 Å². The first kappa shape index (κ1) is 14.8. The summed E-state index contributed by atoms with van der Waals surface area (Å²) in [6, 6.07) is 7.02. The summed E-state index contributed by atoms with van der Waals surface area (Å²) in [4.78, 5) is 20.6. The van der Waals surface area contributed by atoms with Crippen molar-refractivity contribution in [2.75, 3.05) is 18.2 Å². The highest BCUT2D eigenvalue weighted by molar-refractivity contribution is 6.06. The van der Waals surface area contributed by atoms with Crippen LogP contribution in [0.3, 0.4) is 0 Å². The maximum absolute atomic E-state index is 12.3. The van der Waals surface area contributed by atoms with Gasteiger partial charge >= 0.3 is 0 Å². The number of carbonyl (C=O) groups excluding carboxylic acids is 1. The number of carbonyl (C=O) groups is 1. The lowest BCUT2D eigenvalue weighted by molar-refractivity contribution is 0.102. The zero-order valence-electron chi connectivity index (χ0n) is 12.3. The summed E-state index contributed by atoms with van der Waals surface area (Å²) in [6.07, 6.45) is 1.46. The minimum Gasteiger partial charge on any atom is -0.497 e. The summed E-state index contributed by atoms with van der Waals surface area (Å²) in [6.45, 7) is 3.91. The maximum Gasteiger partial charge on any atom is 0.276 e. The molecule has 21 heavy (non-hydrogen) atoms. The van der Waals surface area contributed by atoms with E-state index in [4.69, 9.17) is 10.5 Å². The van der Waals surface area contributed by atoms with Crippen molar-refractivity contribution < 1.29 is 9.53 Å². The van der Waals surface area contributed by atoms with Crippen LogP contribution in [0.2, 0.25) is 0 Å². The first-order valence-electron chi connectivity index (χ1n) is 6.59. The molecule has 0 saturated heterocycles. The molecule has 1 amide bonds. The number of rotatable bonds is 4. The third-order valence-corrected chi connectivity index (χ3v) is 2.92. The van der Waals surface area contributed by atoms with E-state index in [2.05, 4.69) is 15.3 Å². The Hall–Kier alpha value is -2.63. The number of nitrogens with two attached hydrogens (primary N) is 1. The van der Waals surface area contributed by atoms with Gasteiger partial charge in [0.2, 0.25) is 0 Å². The van der Waals surface area contributed by atoms with Gasteiger partial charge in [-0.3, -0.25) is 4.79 Å². The van der Waals surface area contributed by atoms with Gasteiger partial charge in [0.1, 0.15) is 11.6 Å². The molecule has 0 atom stereocenters. The smallest absolute Gasteiger partial charge is 0.276 e. The molecule has 110 valence electrons. The molecular weight excluding hydrogens is 268 g/mol. The molecule has 1 heterocycles. The maximum atomic E-state index is 12.3. The first-order valence-corrected chi connectivity index (χ1v) is 6.59. The molecule has 0 saturated carbocycles. The predicted molar refractivity (Wildman–Crippen MR) is 81.5 cm³/mol. The summed E-state index contributed by atoms with van der Waals surface area (Å²) >= 11 is 0. The van der Waals surface area contributed by atoms with Crippen LogP contribution in [-0.4, -0.2) is 23.0 Å². The molecule has 1 aromatic heterocycles. The lowest BCUT2D eigenvalue weighted by atomic mass is 10.2. The Kier molecular flexibility index (Phi) is 4.37. The second-order valence-corrected chi connectivity index (χ2v) is 4.87. The fourth-order valence-corrected chi connectivity index (χ4v) is 1.73. The Balaban J connectivity index is 2.21. The highest BCUT2D eigenvalue weighted by atomic mass is 16.5. The average Bonchev–Trinajstić information content (AvgIpc) is 2.48. The molecular formula is C15H18N4O2. The van der Waals surface area contributed by atoms with Crippen molar-refractivity contribution in [2.24, 2.45) is 0 Å². The van der Waals surface area contributed by atoms with Crippen molar-refractivity contribution in [1.29, 1.82) is 0 Å². The number of benzene rings is 1. The van der Waals surface area contributed by atoms with Gasteiger partial charge in [-0.05, 0) is 24.3 Å². The van der Waals surface area contributed by atoms with Gasteiger partial charge in [-0.15, -0.1) is 0 Å². The van der Waals surface area contributed by atoms with Crippen LogP contribution >= 0.6 is 0 Å². The monoisotopic (exact) mass is 286 g/mol. The van der Waals surface area contributed by atoms with Crippen molar-refractivity contribution in [3.05, 3.63) is 42.0 Å². The van der Waals surface area contributed by atoms with E-state index >= 15 is 0 Å². The van der Waals surface area contributed by atoms with Gasteiger partial charge in [-0.1, -0.05) is 13.8 Å². The molecule has 0 spiro atoms. The van der Waals surface area contributed by atoms with Gasteiger partial charge in [-0.2, -0.15) is 0 Å². The number of amides is 1. The number of nitrogens with zero attached hydrogens (tertiary/aromatic N) is 2. The lowest BCUT2D eigenvalue weighted by Gasteiger charge is -2.10. The molecule has 1 aromatic carbocycles. The van der Waals surface area contributed by atoms with E-state index in [0.717, 1.165) is 5.75 Å². The predicted octanol–water partition coefficient (Wildman–Crippen LogP) is 2.44. The Morgan fingerprint density at radius 2 is 1.95 bits per heavy atom. The van der Waals surface area contributed by atoms with E-state index in [1.807, 2.05) is 13.8 Å². The SMILES string of the molecule is COc1ccc(NC(=O)c2nc(C(C)C)ncc2N)cc1. The Labute approximate surface area is 123 Å². The highest BCUT2D eigenvalue weighted by Gasteiger charge is 2.15. The number of nitrogen functional groups attached to an aromatic ring is 1. The molecule has 2 rings (SSSR count). The summed E-state index contributed by atoms with van der Waals surface area (Å²) in [5.74, 6) is 1.07. The minimum absolute atomic E-state index is 0.123. The van der Waals surface area contributed by atoms with E-state index in [0.29, 0.717) is 11.5 Å². The van der Waals surface area contributed by atoms with Gasteiger partial charge in [-0.25, -0.2) is 9.97 Å². The highest BCUT2D eigenvalue weighted by Crippen LogP contribution is 2.18. The van der Waals surface area contributed by atoms with Crippen molar-refractivity contribution in [2.45, 2.75) is 19.8 Å². The van der Waals surface area contributed by atoms with Crippen LogP contribution in [0, 0.1) is 0 Å². The molecule has 6 heteroatoms. The number of anilines is 2. The summed E-state index contributed by atoms with van der Waals surface area (Å²) in [7, 11) is 1.59. The van der Waals surface area contributed by atoms with Crippen molar-refractivity contribution in [1.82, 2.24) is 9.97 Å². The number of aromatic nitrogens is 2. The summed E-state index contributed by atoms with van der Waals surface area (Å²) in [5, 5.41) is 2.75. The Bertz CT molecular complexity index is 639. The van der Waals surface area contributed by atoms with Crippen molar-refractivity contribution >= 4 is 17.3 Å². The number of hydrogen-bond donors (Lipinski definition) is 2. The summed E-state index contributed by atoms with van der Waals surface area (Å²) in [5.41, 5.74) is 6.87. The lowest BCUT2D eigenvalue weighted by Crippen LogP contribution is -2.17. The van der Waals surface area contributed by atoms with E-state index in [1.54, 1.807) is 31.4 Å². The van der Waals surface area contributed by atoms with Gasteiger partial charge in [0.05, 0.1) is 19.0 Å². The average molecular weight is 286 g/mol. The minimum atomic E-state index is -0.359. The number of hydrogen-bond acceptors (Lipinski definition) is 5. The number of nitrogens with one attached hydrogen (secondary N) is 1. The fourth-order valence-electron chi connectivity index (χ4n) is 1.73. The van der Waals surface area contributed by atoms with E-state index in [1.165, 1.54) is 6.20 Å². The van der Waals surface area contributed by atoms with E-state index < -0.39 is 0 Å². The Morgan fingerprint density at radius 1 is 1.29 bits per heavy atom. The third kappa shape index (κ3) is 3.47. The standard InChI is InChI=1S/C15H18N4O2/c1-9(2)14-17-8-12(16)13(19-14)15(20)18-10-4-6-11(21-3)7-5-10/h4-9H,16H2,1-3H3,(H,18,20). The summed E-state index contributed by atoms with van der Waals surface area (Å²) < 4.78 is 5.07. The first-order chi connectivity index (χ1) is 10.0. The molecule has 2 aromatic rings. The van der Waals surface area contributed by atoms with Gasteiger partial charge in [0, 0.05) is 11.6 Å². The number of methoxy groups -OCH3 is 1. The van der Waals surface area contributed by atoms with Crippen LogP contribution < -0.4 is 15.8 Å². The molecule has 0 radical (unpaired) electrons. The molecule has 0 bridgehead atoms. The largest absolute Gasteiger partial charge is 0.497 e. The second kappa shape index (κ2) is 6.21. The molecule has 3 N–H and O–H groups in total. The topological polar surface area (TPSA) is 90.1 Å². The fraction of sp³-hybridized carbons (Fsp3) is 0.267. The zero-order chi connectivity index (χ0) is 15.4. The van der Waals surface area contributed by atoms with Crippen LogP contribution in [0.5, 0.6) is 5.75 Å². The number of ether oxygens (including phenoxy) is 1. The van der Waals surface area contributed by atoms with E-state index in [9.17, 15) is 4.79 Å². The van der Waals surface area contributed by atoms with E-state index in [-0.39, 0.29) is 23.2 Å². The quantitative estimate of drug-likeness (QED) is 0.901. The molecule has 6 nitrogen and oxygen atoms in total. The third-order valence-electron chi connectivity index (χ3n) is 2.92. The van der Waals surface area contributed by atoms with Crippen LogP contribution in [-0.2, 0) is 0 Å². The van der Waals surface area contributed by atoms with Crippen LogP contribution in [0.15, 0.2) is 30.5 Å². The van der Waals surface area contributed by atoms with Crippen molar-refractivity contribution in [3.63, 3.8) is 0 Å². The second-order valence-electron chi connectivity index (χ2n) is 4.87. The van der Waals surface area contributed by atoms with Gasteiger partial charge < -0.3 is 15.8 Å². The Morgan fingerprint density at radius 3 is 2.52 bits per heavy atom. The molecule has 0 aliphatic carbocycles. The molecule has 0 aliphatic rings. The van der Waals surface area contributed by atoms with Crippen LogP contribution in [0.4, 0.5) is 11.4 Å². The molecule has 0 aliphatic heterocycles.